The Bertz CT molecular complexity index is 1390. The maximum absolute atomic E-state index is 15.1. The minimum Gasteiger partial charge on any atom is -0.477 e. The van der Waals surface area contributed by atoms with Gasteiger partial charge in [0.1, 0.15) is 11.2 Å². The summed E-state index contributed by atoms with van der Waals surface area (Å²) in [7, 11) is 0. The zero-order chi connectivity index (χ0) is 27.2. The van der Waals surface area contributed by atoms with Gasteiger partial charge in [0.2, 0.25) is 5.43 Å². The van der Waals surface area contributed by atoms with Gasteiger partial charge in [-0.3, -0.25) is 4.79 Å². The van der Waals surface area contributed by atoms with E-state index in [0.29, 0.717) is 19.3 Å². The number of pyridine rings is 1. The van der Waals surface area contributed by atoms with Crippen LogP contribution in [0.15, 0.2) is 10.9 Å². The molecular weight excluding hydrogens is 486 g/mol. The number of carbonyl (C=O) groups excluding carboxylic acids is 1. The van der Waals surface area contributed by atoms with Crippen LogP contribution >= 0.6 is 0 Å². The van der Waals surface area contributed by atoms with E-state index >= 15 is 4.39 Å². The standard InChI is InChI=1S/C27H30F2N2O6/c1-5-18-21(25(34)35)24(33)16-13-17(28)22(29)15(23(16)31(18)14-9-10-14)7-6-8-19-20(32)11-12-30(19)26(36)37-27(2,3)4/h13-14,19-20,32H,5,8-12H2,1-4H3,(H,34,35)/t19-,20-/m1/s1. The molecule has 2 heterocycles. The van der Waals surface area contributed by atoms with Crippen molar-refractivity contribution in [2.45, 2.75) is 83.6 Å². The van der Waals surface area contributed by atoms with Crippen molar-refractivity contribution < 1.29 is 33.3 Å². The summed E-state index contributed by atoms with van der Waals surface area (Å²) >= 11 is 0. The van der Waals surface area contributed by atoms with Crippen molar-refractivity contribution in [3.05, 3.63) is 44.7 Å². The highest BCUT2D eigenvalue weighted by atomic mass is 19.2. The van der Waals surface area contributed by atoms with Crippen LogP contribution in [0, 0.1) is 23.5 Å². The van der Waals surface area contributed by atoms with Crippen LogP contribution in [0.3, 0.4) is 0 Å². The van der Waals surface area contributed by atoms with E-state index < -0.39 is 52.4 Å². The van der Waals surface area contributed by atoms with Gasteiger partial charge in [0, 0.05) is 24.7 Å². The average Bonchev–Trinajstić information content (AvgIpc) is 3.57. The van der Waals surface area contributed by atoms with Crippen LogP contribution in [-0.2, 0) is 11.2 Å². The number of halogens is 2. The van der Waals surface area contributed by atoms with Crippen molar-refractivity contribution in [2.24, 2.45) is 0 Å². The third-order valence-corrected chi connectivity index (χ3v) is 6.61. The quantitative estimate of drug-likeness (QED) is 0.595. The Morgan fingerprint density at radius 3 is 2.46 bits per heavy atom. The highest BCUT2D eigenvalue weighted by Gasteiger charge is 2.38. The number of aromatic carboxylic acids is 1. The second-order valence-electron chi connectivity index (χ2n) is 10.5. The molecule has 2 N–H and O–H groups in total. The summed E-state index contributed by atoms with van der Waals surface area (Å²) in [5.41, 5.74) is -2.11. The Morgan fingerprint density at radius 1 is 1.22 bits per heavy atom. The summed E-state index contributed by atoms with van der Waals surface area (Å²) in [5.74, 6) is 1.43. The van der Waals surface area contributed by atoms with Gasteiger partial charge >= 0.3 is 12.1 Å². The van der Waals surface area contributed by atoms with Crippen LogP contribution < -0.4 is 5.43 Å². The summed E-state index contributed by atoms with van der Waals surface area (Å²) in [6.07, 6.45) is 0.416. The van der Waals surface area contributed by atoms with Crippen LogP contribution in [0.1, 0.15) is 81.0 Å². The molecule has 1 saturated heterocycles. The van der Waals surface area contributed by atoms with Crippen molar-refractivity contribution >= 4 is 23.0 Å². The number of hydrogen-bond donors (Lipinski definition) is 2. The number of carboxylic acids is 1. The van der Waals surface area contributed by atoms with E-state index in [1.807, 2.05) is 0 Å². The minimum absolute atomic E-state index is 0.0423. The Labute approximate surface area is 212 Å². The van der Waals surface area contributed by atoms with Gasteiger partial charge in [-0.05, 0) is 52.5 Å². The molecule has 10 heteroatoms. The lowest BCUT2D eigenvalue weighted by Crippen LogP contribution is -2.42. The summed E-state index contributed by atoms with van der Waals surface area (Å²) in [5, 5.41) is 19.9. The molecule has 1 amide bonds. The summed E-state index contributed by atoms with van der Waals surface area (Å²) in [6, 6.07) is -0.130. The molecule has 2 aliphatic rings. The number of aliphatic hydroxyl groups excluding tert-OH is 1. The average molecular weight is 517 g/mol. The summed E-state index contributed by atoms with van der Waals surface area (Å²) < 4.78 is 36.8. The Morgan fingerprint density at radius 2 is 1.89 bits per heavy atom. The third-order valence-electron chi connectivity index (χ3n) is 6.61. The number of carbonyl (C=O) groups is 2. The lowest BCUT2D eigenvalue weighted by atomic mass is 10.0. The van der Waals surface area contributed by atoms with Crippen LogP contribution in [0.5, 0.6) is 0 Å². The molecule has 1 aliphatic carbocycles. The van der Waals surface area contributed by atoms with Gasteiger partial charge in [0.15, 0.2) is 11.6 Å². The lowest BCUT2D eigenvalue weighted by Gasteiger charge is -2.28. The molecule has 1 aliphatic heterocycles. The number of likely N-dealkylation sites (tertiary alicyclic amines) is 1. The fourth-order valence-corrected chi connectivity index (χ4v) is 4.85. The number of ether oxygens (including phenoxy) is 1. The molecule has 2 atom stereocenters. The molecule has 2 fully saturated rings. The van der Waals surface area contributed by atoms with Crippen molar-refractivity contribution in [3.8, 4) is 11.8 Å². The monoisotopic (exact) mass is 516 g/mol. The van der Waals surface area contributed by atoms with Crippen LogP contribution in [0.4, 0.5) is 13.6 Å². The summed E-state index contributed by atoms with van der Waals surface area (Å²) in [6.45, 7) is 7.14. The van der Waals surface area contributed by atoms with Gasteiger partial charge in [-0.2, -0.15) is 0 Å². The first-order chi connectivity index (χ1) is 17.4. The number of amides is 1. The van der Waals surface area contributed by atoms with Gasteiger partial charge in [-0.15, -0.1) is 0 Å². The van der Waals surface area contributed by atoms with Gasteiger partial charge in [-0.1, -0.05) is 18.8 Å². The second kappa shape index (κ2) is 9.78. The molecule has 1 aromatic heterocycles. The Hall–Kier alpha value is -3.45. The van der Waals surface area contributed by atoms with Gasteiger partial charge < -0.3 is 24.4 Å². The molecule has 0 spiro atoms. The zero-order valence-electron chi connectivity index (χ0n) is 21.2. The van der Waals surface area contributed by atoms with Crippen molar-refractivity contribution in [1.29, 1.82) is 0 Å². The number of aliphatic hydroxyl groups is 1. The highest BCUT2D eigenvalue weighted by Crippen LogP contribution is 2.40. The normalized spacial score (nSPS) is 19.6. The van der Waals surface area contributed by atoms with Crippen molar-refractivity contribution in [2.75, 3.05) is 6.54 Å². The lowest BCUT2D eigenvalue weighted by molar-refractivity contribution is 0.0162. The third kappa shape index (κ3) is 5.05. The van der Waals surface area contributed by atoms with Crippen molar-refractivity contribution in [1.82, 2.24) is 9.47 Å². The largest absolute Gasteiger partial charge is 0.477 e. The number of hydrogen-bond acceptors (Lipinski definition) is 5. The van der Waals surface area contributed by atoms with E-state index in [1.54, 1.807) is 32.3 Å². The SMILES string of the molecule is CCc1c(C(=O)O)c(=O)c2cc(F)c(F)c(C#CC[C@@H]3[C@H](O)CCN3C(=O)OC(C)(C)C)c2n1C1CC1. The Balaban J connectivity index is 1.82. The van der Waals surface area contributed by atoms with Crippen LogP contribution in [0.25, 0.3) is 10.9 Å². The number of fused-ring (bicyclic) bond motifs is 1. The predicted molar refractivity (Wildman–Crippen MR) is 132 cm³/mol. The topological polar surface area (TPSA) is 109 Å². The molecule has 1 aromatic carbocycles. The smallest absolute Gasteiger partial charge is 0.410 e. The molecule has 0 bridgehead atoms. The molecule has 8 nitrogen and oxygen atoms in total. The number of carboxylic acid groups (broad SMARTS) is 1. The molecule has 0 unspecified atom stereocenters. The van der Waals surface area contributed by atoms with Crippen molar-refractivity contribution in [3.63, 3.8) is 0 Å². The first kappa shape index (κ1) is 26.6. The maximum Gasteiger partial charge on any atom is 0.410 e. The number of benzene rings is 1. The van der Waals surface area contributed by atoms with Crippen LogP contribution in [-0.4, -0.2) is 56.0 Å². The minimum atomic E-state index is -1.42. The van der Waals surface area contributed by atoms with E-state index in [-0.39, 0.29) is 47.6 Å². The van der Waals surface area contributed by atoms with E-state index in [9.17, 15) is 29.0 Å². The molecule has 0 radical (unpaired) electrons. The van der Waals surface area contributed by atoms with E-state index in [4.69, 9.17) is 4.74 Å². The number of rotatable bonds is 4. The van der Waals surface area contributed by atoms with E-state index in [2.05, 4.69) is 11.8 Å². The molecule has 1 saturated carbocycles. The molecular formula is C27H30F2N2O6. The van der Waals surface area contributed by atoms with Gasteiger partial charge in [-0.25, -0.2) is 18.4 Å². The predicted octanol–water partition coefficient (Wildman–Crippen LogP) is 3.99. The van der Waals surface area contributed by atoms with Crippen LogP contribution in [0.2, 0.25) is 0 Å². The second-order valence-corrected chi connectivity index (χ2v) is 10.5. The fraction of sp³-hybridized carbons (Fsp3) is 0.519. The maximum atomic E-state index is 15.1. The number of aromatic nitrogens is 1. The molecule has 37 heavy (non-hydrogen) atoms. The Kier molecular flexibility index (Phi) is 7.04. The molecule has 198 valence electrons. The molecule has 4 rings (SSSR count). The summed E-state index contributed by atoms with van der Waals surface area (Å²) in [4.78, 5) is 39.0. The van der Waals surface area contributed by atoms with Gasteiger partial charge in [0.05, 0.1) is 28.6 Å². The fourth-order valence-electron chi connectivity index (χ4n) is 4.85. The molecule has 2 aromatic rings. The first-order valence-electron chi connectivity index (χ1n) is 12.3. The van der Waals surface area contributed by atoms with Gasteiger partial charge in [0.25, 0.3) is 0 Å². The highest BCUT2D eigenvalue weighted by molar-refractivity contribution is 5.96. The van der Waals surface area contributed by atoms with E-state index in [0.717, 1.165) is 6.07 Å². The first-order valence-corrected chi connectivity index (χ1v) is 12.3. The zero-order valence-corrected chi connectivity index (χ0v) is 21.2. The van der Waals surface area contributed by atoms with E-state index in [1.165, 1.54) is 4.90 Å². The number of nitrogens with zero attached hydrogens (tertiary/aromatic N) is 2.